The zero-order chi connectivity index (χ0) is 11.5. The second-order valence-corrected chi connectivity index (χ2v) is 4.04. The summed E-state index contributed by atoms with van der Waals surface area (Å²) < 4.78 is 0. The molecule has 0 saturated heterocycles. The molecule has 0 unspecified atom stereocenters. The molecule has 0 amide bonds. The van der Waals surface area contributed by atoms with Crippen LogP contribution in [0.1, 0.15) is 12.5 Å². The first kappa shape index (κ1) is 11.0. The van der Waals surface area contributed by atoms with Crippen LogP contribution in [-0.2, 0) is 6.42 Å². The Kier molecular flexibility index (Phi) is 3.11. The fraction of sp³-hybridized carbons (Fsp3) is 0.154. The second kappa shape index (κ2) is 4.54. The van der Waals surface area contributed by atoms with Gasteiger partial charge in [0.05, 0.1) is 0 Å². The first-order chi connectivity index (χ1) is 7.69. The topological polar surface area (TPSA) is 32.9 Å². The lowest BCUT2D eigenvalue weighted by molar-refractivity contribution is 1.14. The van der Waals surface area contributed by atoms with E-state index in [0.29, 0.717) is 5.15 Å². The largest absolute Gasteiger partial charge is 0.313 e. The van der Waals surface area contributed by atoms with Crippen LogP contribution < -0.4 is 5.56 Å². The molecule has 0 fully saturated rings. The number of rotatable bonds is 2. The molecule has 2 aromatic rings. The van der Waals surface area contributed by atoms with E-state index in [1.54, 1.807) is 12.1 Å². The van der Waals surface area contributed by atoms with Crippen molar-refractivity contribution in [3.63, 3.8) is 0 Å². The first-order valence-corrected chi connectivity index (χ1v) is 5.56. The van der Waals surface area contributed by atoms with Crippen molar-refractivity contribution in [1.29, 1.82) is 0 Å². The van der Waals surface area contributed by atoms with Gasteiger partial charge in [0.25, 0.3) is 0 Å². The third-order valence-electron chi connectivity index (χ3n) is 2.51. The van der Waals surface area contributed by atoms with Crippen LogP contribution in [0.5, 0.6) is 0 Å². The number of H-pyrrole nitrogens is 1. The summed E-state index contributed by atoms with van der Waals surface area (Å²) >= 11 is 5.80. The molecule has 0 aliphatic carbocycles. The normalized spacial score (nSPS) is 10.4. The average Bonchev–Trinajstić information content (AvgIpc) is 2.28. The monoisotopic (exact) mass is 233 g/mol. The van der Waals surface area contributed by atoms with E-state index in [1.807, 2.05) is 12.1 Å². The summed E-state index contributed by atoms with van der Waals surface area (Å²) in [5.74, 6) is 0. The molecule has 16 heavy (non-hydrogen) atoms. The molecule has 1 aromatic carbocycles. The quantitative estimate of drug-likeness (QED) is 0.794. The Hall–Kier alpha value is -1.54. The third kappa shape index (κ3) is 2.34. The fourth-order valence-electron chi connectivity index (χ4n) is 1.61. The number of benzene rings is 1. The average molecular weight is 234 g/mol. The van der Waals surface area contributed by atoms with Gasteiger partial charge in [-0.05, 0) is 29.2 Å². The summed E-state index contributed by atoms with van der Waals surface area (Å²) in [5, 5.41) is 0.363. The van der Waals surface area contributed by atoms with Crippen molar-refractivity contribution < 1.29 is 0 Å². The molecule has 2 rings (SSSR count). The van der Waals surface area contributed by atoms with Crippen LogP contribution in [0.4, 0.5) is 0 Å². The number of aryl methyl sites for hydroxylation is 1. The zero-order valence-electron chi connectivity index (χ0n) is 8.96. The Bertz CT molecular complexity index is 543. The highest BCUT2D eigenvalue weighted by Crippen LogP contribution is 2.20. The van der Waals surface area contributed by atoms with Gasteiger partial charge in [-0.2, -0.15) is 0 Å². The van der Waals surface area contributed by atoms with Gasteiger partial charge < -0.3 is 4.98 Å². The number of aromatic amines is 1. The number of nitrogens with one attached hydrogen (secondary N) is 1. The van der Waals surface area contributed by atoms with Crippen LogP contribution in [0.25, 0.3) is 11.1 Å². The molecule has 2 nitrogen and oxygen atoms in total. The fourth-order valence-corrected chi connectivity index (χ4v) is 1.82. The van der Waals surface area contributed by atoms with Crippen molar-refractivity contribution in [2.75, 3.05) is 0 Å². The molecule has 1 aromatic heterocycles. The Balaban J connectivity index is 2.46. The van der Waals surface area contributed by atoms with Gasteiger partial charge in [-0.25, -0.2) is 0 Å². The van der Waals surface area contributed by atoms with Crippen LogP contribution >= 0.6 is 11.6 Å². The summed E-state index contributed by atoms with van der Waals surface area (Å²) in [5.41, 5.74) is 2.95. The van der Waals surface area contributed by atoms with Crippen molar-refractivity contribution >= 4 is 11.6 Å². The number of hydrogen-bond donors (Lipinski definition) is 1. The molecule has 0 spiro atoms. The maximum atomic E-state index is 11.3. The summed E-state index contributed by atoms with van der Waals surface area (Å²) in [6, 6.07) is 11.4. The van der Waals surface area contributed by atoms with Crippen molar-refractivity contribution in [3.05, 3.63) is 57.5 Å². The van der Waals surface area contributed by atoms with E-state index in [9.17, 15) is 4.79 Å². The number of halogens is 1. The summed E-state index contributed by atoms with van der Waals surface area (Å²) in [4.78, 5) is 13.8. The predicted molar refractivity (Wildman–Crippen MR) is 66.9 cm³/mol. The number of hydrogen-bond acceptors (Lipinski definition) is 1. The van der Waals surface area contributed by atoms with E-state index in [4.69, 9.17) is 11.6 Å². The van der Waals surface area contributed by atoms with Gasteiger partial charge in [0.2, 0.25) is 5.56 Å². The lowest BCUT2D eigenvalue weighted by Gasteiger charge is -2.03. The minimum Gasteiger partial charge on any atom is -0.313 e. The van der Waals surface area contributed by atoms with Crippen molar-refractivity contribution in [2.45, 2.75) is 13.3 Å². The standard InChI is InChI=1S/C13H12ClNO/c1-2-9-3-5-10(6-4-9)11-7-12(14)15-13(16)8-11/h3-8H,2H2,1H3,(H,15,16). The SMILES string of the molecule is CCc1ccc(-c2cc(Cl)[nH]c(=O)c2)cc1. The Morgan fingerprint density at radius 3 is 2.38 bits per heavy atom. The second-order valence-electron chi connectivity index (χ2n) is 3.63. The van der Waals surface area contributed by atoms with Gasteiger partial charge in [0, 0.05) is 6.07 Å². The highest BCUT2D eigenvalue weighted by atomic mass is 35.5. The summed E-state index contributed by atoms with van der Waals surface area (Å²) in [6.07, 6.45) is 1.01. The number of aromatic nitrogens is 1. The Labute approximate surface area is 98.9 Å². The first-order valence-electron chi connectivity index (χ1n) is 5.18. The van der Waals surface area contributed by atoms with Crippen molar-refractivity contribution in [2.24, 2.45) is 0 Å². The summed E-state index contributed by atoms with van der Waals surface area (Å²) in [7, 11) is 0. The van der Waals surface area contributed by atoms with E-state index in [0.717, 1.165) is 17.5 Å². The highest BCUT2D eigenvalue weighted by molar-refractivity contribution is 6.29. The molecule has 0 aliphatic rings. The van der Waals surface area contributed by atoms with E-state index >= 15 is 0 Å². The van der Waals surface area contributed by atoms with Crippen LogP contribution in [0.3, 0.4) is 0 Å². The van der Waals surface area contributed by atoms with Gasteiger partial charge >= 0.3 is 0 Å². The molecular weight excluding hydrogens is 222 g/mol. The smallest absolute Gasteiger partial charge is 0.249 e. The molecule has 0 saturated carbocycles. The third-order valence-corrected chi connectivity index (χ3v) is 2.71. The molecule has 1 heterocycles. The van der Waals surface area contributed by atoms with Gasteiger partial charge in [0.1, 0.15) is 5.15 Å². The Morgan fingerprint density at radius 1 is 1.12 bits per heavy atom. The van der Waals surface area contributed by atoms with Crippen LogP contribution in [-0.4, -0.2) is 4.98 Å². The van der Waals surface area contributed by atoms with E-state index in [2.05, 4.69) is 24.0 Å². The molecule has 0 radical (unpaired) electrons. The Morgan fingerprint density at radius 2 is 1.81 bits per heavy atom. The lowest BCUT2D eigenvalue weighted by atomic mass is 10.0. The van der Waals surface area contributed by atoms with Gasteiger partial charge in [-0.3, -0.25) is 4.79 Å². The van der Waals surface area contributed by atoms with E-state index in [1.165, 1.54) is 5.56 Å². The van der Waals surface area contributed by atoms with Gasteiger partial charge in [0.15, 0.2) is 0 Å². The zero-order valence-corrected chi connectivity index (χ0v) is 9.71. The lowest BCUT2D eigenvalue weighted by Crippen LogP contribution is -2.03. The summed E-state index contributed by atoms with van der Waals surface area (Å²) in [6.45, 7) is 2.11. The van der Waals surface area contributed by atoms with Crippen LogP contribution in [0.15, 0.2) is 41.2 Å². The van der Waals surface area contributed by atoms with Gasteiger partial charge in [-0.15, -0.1) is 0 Å². The molecule has 0 aliphatic heterocycles. The van der Waals surface area contributed by atoms with Crippen molar-refractivity contribution in [1.82, 2.24) is 4.98 Å². The maximum absolute atomic E-state index is 11.3. The van der Waals surface area contributed by atoms with Crippen LogP contribution in [0.2, 0.25) is 5.15 Å². The number of pyridine rings is 1. The van der Waals surface area contributed by atoms with Crippen LogP contribution in [0, 0.1) is 0 Å². The minimum absolute atomic E-state index is 0.179. The molecule has 3 heteroatoms. The van der Waals surface area contributed by atoms with E-state index in [-0.39, 0.29) is 5.56 Å². The molecule has 82 valence electrons. The molecule has 0 atom stereocenters. The van der Waals surface area contributed by atoms with Gasteiger partial charge in [-0.1, -0.05) is 42.8 Å². The molecule has 0 bridgehead atoms. The predicted octanol–water partition coefficient (Wildman–Crippen LogP) is 3.26. The highest BCUT2D eigenvalue weighted by Gasteiger charge is 2.00. The maximum Gasteiger partial charge on any atom is 0.249 e. The minimum atomic E-state index is -0.179. The molecular formula is C13H12ClNO. The molecule has 1 N–H and O–H groups in total. The van der Waals surface area contributed by atoms with Crippen molar-refractivity contribution in [3.8, 4) is 11.1 Å². The van der Waals surface area contributed by atoms with E-state index < -0.39 is 0 Å².